The van der Waals surface area contributed by atoms with Gasteiger partial charge in [-0.25, -0.2) is 4.39 Å². The van der Waals surface area contributed by atoms with Gasteiger partial charge in [-0.05, 0) is 67.7 Å². The van der Waals surface area contributed by atoms with Gasteiger partial charge in [0, 0.05) is 18.9 Å². The Morgan fingerprint density at radius 2 is 1.52 bits per heavy atom. The maximum Gasteiger partial charge on any atom is 0.416 e. The zero-order valence-corrected chi connectivity index (χ0v) is 21.3. The highest BCUT2D eigenvalue weighted by molar-refractivity contribution is 6.03. The van der Waals surface area contributed by atoms with Crippen molar-refractivity contribution >= 4 is 23.6 Å². The van der Waals surface area contributed by atoms with Gasteiger partial charge in [-0.15, -0.1) is 0 Å². The third-order valence-electron chi connectivity index (χ3n) is 6.37. The fraction of sp³-hybridized carbons (Fsp3) is 0.407. The van der Waals surface area contributed by atoms with Gasteiger partial charge in [0.15, 0.2) is 0 Å². The van der Waals surface area contributed by atoms with Crippen molar-refractivity contribution in [3.8, 4) is 0 Å². The lowest BCUT2D eigenvalue weighted by molar-refractivity contribution is -0.143. The third-order valence-corrected chi connectivity index (χ3v) is 6.37. The molecular formula is C27H27F7N2O4. The Bertz CT molecular complexity index is 1170. The van der Waals surface area contributed by atoms with E-state index in [1.54, 1.807) is 0 Å². The van der Waals surface area contributed by atoms with E-state index in [0.29, 0.717) is 24.3 Å². The third kappa shape index (κ3) is 8.52. The molecule has 13 heteroatoms. The van der Waals surface area contributed by atoms with E-state index in [9.17, 15) is 40.3 Å². The number of hydrogen-bond acceptors (Lipinski definition) is 4. The fourth-order valence-electron chi connectivity index (χ4n) is 4.26. The molecule has 6 nitrogen and oxygen atoms in total. The van der Waals surface area contributed by atoms with Crippen LogP contribution in [0.2, 0.25) is 0 Å². The number of amides is 2. The molecule has 1 saturated carbocycles. The van der Waals surface area contributed by atoms with E-state index in [1.807, 2.05) is 0 Å². The second-order valence-electron chi connectivity index (χ2n) is 9.27. The topological polar surface area (TPSA) is 76.7 Å². The van der Waals surface area contributed by atoms with Gasteiger partial charge in [0.25, 0.3) is 0 Å². The van der Waals surface area contributed by atoms with Gasteiger partial charge < -0.3 is 20.1 Å². The van der Waals surface area contributed by atoms with E-state index in [0.717, 1.165) is 6.08 Å². The van der Waals surface area contributed by atoms with Gasteiger partial charge in [0.2, 0.25) is 11.8 Å². The van der Waals surface area contributed by atoms with E-state index in [2.05, 4.69) is 10.6 Å². The van der Waals surface area contributed by atoms with Crippen molar-refractivity contribution in [2.24, 2.45) is 0 Å². The average molecular weight is 577 g/mol. The number of benzene rings is 2. The fourth-order valence-corrected chi connectivity index (χ4v) is 4.26. The summed E-state index contributed by atoms with van der Waals surface area (Å²) in [5.74, 6) is -2.19. The van der Waals surface area contributed by atoms with Crippen LogP contribution in [0.1, 0.15) is 42.4 Å². The van der Waals surface area contributed by atoms with Crippen molar-refractivity contribution in [1.82, 2.24) is 5.32 Å². The SMILES string of the molecule is COCCOC1CCC(NC(=O)/C=C/c2ccc(F)cc2)(C(=O)Nc2cc(C(F)(F)F)cc(C(F)(F)F)c2)CC1. The summed E-state index contributed by atoms with van der Waals surface area (Å²) in [6, 6.07) is 5.94. The quantitative estimate of drug-likeness (QED) is 0.219. The van der Waals surface area contributed by atoms with Crippen molar-refractivity contribution < 1.29 is 49.8 Å². The second kappa shape index (κ2) is 12.8. The van der Waals surface area contributed by atoms with Gasteiger partial charge in [0.05, 0.1) is 30.4 Å². The number of carbonyl (C=O) groups is 2. The molecule has 0 atom stereocenters. The van der Waals surface area contributed by atoms with E-state index in [1.165, 1.54) is 37.5 Å². The maximum atomic E-state index is 13.4. The number of anilines is 1. The van der Waals surface area contributed by atoms with Gasteiger partial charge >= 0.3 is 12.4 Å². The molecule has 2 N–H and O–H groups in total. The van der Waals surface area contributed by atoms with Crippen LogP contribution in [-0.4, -0.2) is 43.8 Å². The Labute approximate surface area is 225 Å². The predicted molar refractivity (Wildman–Crippen MR) is 131 cm³/mol. The first-order valence-electron chi connectivity index (χ1n) is 12.2. The maximum absolute atomic E-state index is 13.4. The smallest absolute Gasteiger partial charge is 0.382 e. The average Bonchev–Trinajstić information content (AvgIpc) is 2.88. The minimum atomic E-state index is -5.10. The molecule has 2 amide bonds. The lowest BCUT2D eigenvalue weighted by Crippen LogP contribution is -2.58. The summed E-state index contributed by atoms with van der Waals surface area (Å²) in [5.41, 5.74) is -5.07. The highest BCUT2D eigenvalue weighted by atomic mass is 19.4. The first-order valence-corrected chi connectivity index (χ1v) is 12.2. The molecule has 0 spiro atoms. The van der Waals surface area contributed by atoms with E-state index in [4.69, 9.17) is 9.47 Å². The van der Waals surface area contributed by atoms with Crippen molar-refractivity contribution in [3.05, 3.63) is 71.0 Å². The van der Waals surface area contributed by atoms with Crippen molar-refractivity contribution in [1.29, 1.82) is 0 Å². The number of rotatable bonds is 9. The minimum absolute atomic E-state index is 0.00228. The molecule has 1 aliphatic carbocycles. The molecule has 0 aromatic heterocycles. The molecule has 3 rings (SSSR count). The van der Waals surface area contributed by atoms with Gasteiger partial charge in [-0.1, -0.05) is 12.1 Å². The van der Waals surface area contributed by atoms with E-state index in [-0.39, 0.29) is 44.5 Å². The van der Waals surface area contributed by atoms with Gasteiger partial charge in [0.1, 0.15) is 11.4 Å². The summed E-state index contributed by atoms with van der Waals surface area (Å²) < 4.78 is 104. The summed E-state index contributed by atoms with van der Waals surface area (Å²) in [6.07, 6.45) is -7.50. The summed E-state index contributed by atoms with van der Waals surface area (Å²) in [5, 5.41) is 4.72. The zero-order valence-electron chi connectivity index (χ0n) is 21.3. The lowest BCUT2D eigenvalue weighted by Gasteiger charge is -2.39. The Balaban J connectivity index is 1.86. The molecule has 1 fully saturated rings. The first kappa shape index (κ1) is 31.1. The van der Waals surface area contributed by atoms with E-state index >= 15 is 0 Å². The monoisotopic (exact) mass is 576 g/mol. The van der Waals surface area contributed by atoms with Crippen LogP contribution in [-0.2, 0) is 31.4 Å². The summed E-state index contributed by atoms with van der Waals surface area (Å²) in [7, 11) is 1.49. The van der Waals surface area contributed by atoms with Crippen molar-refractivity contribution in [3.63, 3.8) is 0 Å². The summed E-state index contributed by atoms with van der Waals surface area (Å²) in [6.45, 7) is 0.599. The Morgan fingerprint density at radius 1 is 0.950 bits per heavy atom. The predicted octanol–water partition coefficient (Wildman–Crippen LogP) is 5.98. The normalized spacial score (nSPS) is 19.9. The molecule has 0 radical (unpaired) electrons. The zero-order chi connectivity index (χ0) is 29.6. The van der Waals surface area contributed by atoms with Gasteiger partial charge in [-0.3, -0.25) is 9.59 Å². The van der Waals surface area contributed by atoms with Crippen LogP contribution < -0.4 is 10.6 Å². The number of alkyl halides is 6. The van der Waals surface area contributed by atoms with Crippen LogP contribution in [0.4, 0.5) is 36.4 Å². The van der Waals surface area contributed by atoms with Crippen LogP contribution >= 0.6 is 0 Å². The molecule has 0 heterocycles. The van der Waals surface area contributed by atoms with Crippen LogP contribution in [0, 0.1) is 5.82 Å². The van der Waals surface area contributed by atoms with Crippen LogP contribution in [0.15, 0.2) is 48.5 Å². The highest BCUT2D eigenvalue weighted by Gasteiger charge is 2.44. The molecule has 0 saturated heterocycles. The standard InChI is InChI=1S/C27H27F7N2O4/c1-39-12-13-40-22-8-10-25(11-9-22,36-23(37)7-4-17-2-5-20(28)6-3-17)24(38)35-21-15-18(26(29,30)31)14-19(16-21)27(32,33)34/h2-7,14-16,22H,8-13H2,1H3,(H,35,38)(H,36,37)/b7-4+. The minimum Gasteiger partial charge on any atom is -0.382 e. The molecule has 2 aromatic rings. The van der Waals surface area contributed by atoms with Crippen LogP contribution in [0.3, 0.4) is 0 Å². The number of methoxy groups -OCH3 is 1. The first-order chi connectivity index (χ1) is 18.7. The summed E-state index contributed by atoms with van der Waals surface area (Å²) in [4.78, 5) is 26.2. The van der Waals surface area contributed by atoms with Crippen LogP contribution in [0.5, 0.6) is 0 Å². The van der Waals surface area contributed by atoms with Crippen molar-refractivity contribution in [2.45, 2.75) is 49.7 Å². The highest BCUT2D eigenvalue weighted by Crippen LogP contribution is 2.38. The van der Waals surface area contributed by atoms with E-state index < -0.39 is 52.3 Å². The van der Waals surface area contributed by atoms with Gasteiger partial charge in [-0.2, -0.15) is 26.3 Å². The Hall–Kier alpha value is -3.45. The van der Waals surface area contributed by atoms with Crippen LogP contribution in [0.25, 0.3) is 6.08 Å². The largest absolute Gasteiger partial charge is 0.416 e. The number of ether oxygens (including phenoxy) is 2. The molecule has 0 aliphatic heterocycles. The summed E-state index contributed by atoms with van der Waals surface area (Å²) >= 11 is 0. The molecule has 0 bridgehead atoms. The Morgan fingerprint density at radius 3 is 2.05 bits per heavy atom. The number of carbonyl (C=O) groups excluding carboxylic acids is 2. The molecule has 40 heavy (non-hydrogen) atoms. The lowest BCUT2D eigenvalue weighted by atomic mass is 9.79. The number of halogens is 7. The molecule has 1 aliphatic rings. The Kier molecular flexibility index (Phi) is 9.96. The molecule has 218 valence electrons. The molecular weight excluding hydrogens is 549 g/mol. The molecule has 2 aromatic carbocycles. The second-order valence-corrected chi connectivity index (χ2v) is 9.27. The van der Waals surface area contributed by atoms with Crippen molar-refractivity contribution in [2.75, 3.05) is 25.6 Å². The molecule has 0 unspecified atom stereocenters. The number of hydrogen-bond donors (Lipinski definition) is 2. The number of nitrogens with one attached hydrogen (secondary N) is 2.